The molecule has 0 bridgehead atoms. The van der Waals surface area contributed by atoms with Gasteiger partial charge in [0.25, 0.3) is 0 Å². The van der Waals surface area contributed by atoms with Gasteiger partial charge in [0.1, 0.15) is 0 Å². The molecule has 87 valence electrons. The summed E-state index contributed by atoms with van der Waals surface area (Å²) in [6.45, 7) is 6.67. The highest BCUT2D eigenvalue weighted by Gasteiger charge is 2.13. The second-order valence-corrected chi connectivity index (χ2v) is 6.49. The van der Waals surface area contributed by atoms with E-state index >= 15 is 0 Å². The molecule has 2 rings (SSSR count). The van der Waals surface area contributed by atoms with Gasteiger partial charge in [-0.25, -0.2) is 0 Å². The lowest BCUT2D eigenvalue weighted by atomic mass is 9.86. The first-order chi connectivity index (χ1) is 7.97. The van der Waals surface area contributed by atoms with Gasteiger partial charge in [0.05, 0.1) is 0 Å². The van der Waals surface area contributed by atoms with Crippen molar-refractivity contribution in [3.05, 3.63) is 57.7 Å². The Morgan fingerprint density at radius 3 is 2.06 bits per heavy atom. The van der Waals surface area contributed by atoms with Gasteiger partial charge in [-0.3, -0.25) is 0 Å². The van der Waals surface area contributed by atoms with Gasteiger partial charge in [-0.2, -0.15) is 0 Å². The summed E-state index contributed by atoms with van der Waals surface area (Å²) >= 11 is 2.32. The van der Waals surface area contributed by atoms with E-state index in [0.717, 1.165) is 5.56 Å². The van der Waals surface area contributed by atoms with Crippen LogP contribution in [0, 0.1) is 9.64 Å². The van der Waals surface area contributed by atoms with E-state index in [1.165, 1.54) is 14.7 Å². The van der Waals surface area contributed by atoms with Gasteiger partial charge in [0.2, 0.25) is 0 Å². The van der Waals surface area contributed by atoms with E-state index in [9.17, 15) is 0 Å². The number of rotatable bonds is 1. The van der Waals surface area contributed by atoms with Crippen LogP contribution in [0.4, 0.5) is 0 Å². The lowest BCUT2D eigenvalue weighted by molar-refractivity contribution is 0.590. The maximum Gasteiger partial charge on any atom is 0.0130 e. The summed E-state index contributed by atoms with van der Waals surface area (Å²) in [7, 11) is 0. The van der Waals surface area contributed by atoms with Gasteiger partial charge in [0, 0.05) is 3.57 Å². The summed E-state index contributed by atoms with van der Waals surface area (Å²) in [5, 5.41) is 0. The summed E-state index contributed by atoms with van der Waals surface area (Å²) in [6, 6.07) is 18.4. The Balaban J connectivity index is 2.33. The highest BCUT2D eigenvalue weighted by molar-refractivity contribution is 14.1. The monoisotopic (exact) mass is 335 g/mol. The minimum absolute atomic E-state index is 0.196. The van der Waals surface area contributed by atoms with Crippen LogP contribution in [0.25, 0.3) is 11.1 Å². The summed E-state index contributed by atoms with van der Waals surface area (Å²) < 4.78 is 1.26. The third-order valence-electron chi connectivity index (χ3n) is 2.83. The molecule has 0 N–H and O–H groups in total. The lowest BCUT2D eigenvalue weighted by Gasteiger charge is -2.19. The van der Waals surface area contributed by atoms with E-state index in [0.29, 0.717) is 0 Å². The summed E-state index contributed by atoms with van der Waals surface area (Å²) in [6.07, 6.45) is 0. The molecule has 1 heteroatoms. The Morgan fingerprint density at radius 2 is 1.59 bits per heavy atom. The van der Waals surface area contributed by atoms with E-state index in [2.05, 4.69) is 91.9 Å². The zero-order chi connectivity index (χ0) is 12.5. The van der Waals surface area contributed by atoms with E-state index in [1.807, 2.05) is 0 Å². The topological polar surface area (TPSA) is 0 Å². The molecule has 0 atom stereocenters. The Kier molecular flexibility index (Phi) is 3.57. The number of benzene rings is 2. The molecule has 1 radical (unpaired) electrons. The Labute approximate surface area is 117 Å². The zero-order valence-electron chi connectivity index (χ0n) is 10.4. The highest BCUT2D eigenvalue weighted by Crippen LogP contribution is 2.25. The van der Waals surface area contributed by atoms with Crippen molar-refractivity contribution >= 4 is 22.6 Å². The molecule has 0 aliphatic carbocycles. The fourth-order valence-corrected chi connectivity index (χ4v) is 2.06. The molecule has 0 heterocycles. The molecule has 0 saturated carbocycles. The van der Waals surface area contributed by atoms with E-state index in [4.69, 9.17) is 0 Å². The molecule has 0 aromatic heterocycles. The lowest BCUT2D eigenvalue weighted by Crippen LogP contribution is -2.10. The van der Waals surface area contributed by atoms with Crippen LogP contribution in [0.3, 0.4) is 0 Å². The largest absolute Gasteiger partial charge is 0.0578 e. The first-order valence-electron chi connectivity index (χ1n) is 5.75. The quantitative estimate of drug-likeness (QED) is 0.640. The van der Waals surface area contributed by atoms with Crippen molar-refractivity contribution in [2.24, 2.45) is 0 Å². The standard InChI is InChI=1S/C16H16I/c1-16(2,3)14-8-4-12(5-9-14)13-6-10-15(17)11-7-13/h4,6-11H,1-3H3. The van der Waals surface area contributed by atoms with Gasteiger partial charge in [0.15, 0.2) is 0 Å². The average molecular weight is 335 g/mol. The maximum atomic E-state index is 3.38. The highest BCUT2D eigenvalue weighted by atomic mass is 127. The predicted octanol–water partition coefficient (Wildman–Crippen LogP) is 5.06. The molecule has 0 nitrogen and oxygen atoms in total. The number of hydrogen-bond donors (Lipinski definition) is 0. The smallest absolute Gasteiger partial charge is 0.0130 e. The van der Waals surface area contributed by atoms with Crippen molar-refractivity contribution in [3.63, 3.8) is 0 Å². The van der Waals surface area contributed by atoms with Gasteiger partial charge >= 0.3 is 0 Å². The number of hydrogen-bond acceptors (Lipinski definition) is 0. The second kappa shape index (κ2) is 4.81. The van der Waals surface area contributed by atoms with Gasteiger partial charge in [-0.05, 0) is 69.0 Å². The summed E-state index contributed by atoms with van der Waals surface area (Å²) in [4.78, 5) is 0. The summed E-state index contributed by atoms with van der Waals surface area (Å²) in [5.74, 6) is 0. The molecule has 17 heavy (non-hydrogen) atoms. The first-order valence-corrected chi connectivity index (χ1v) is 6.83. The third kappa shape index (κ3) is 3.09. The normalized spacial score (nSPS) is 11.5. The van der Waals surface area contributed by atoms with E-state index < -0.39 is 0 Å². The van der Waals surface area contributed by atoms with Gasteiger partial charge < -0.3 is 0 Å². The molecule has 0 aliphatic rings. The maximum absolute atomic E-state index is 3.38. The number of halogens is 1. The molecular weight excluding hydrogens is 319 g/mol. The van der Waals surface area contributed by atoms with Crippen molar-refractivity contribution < 1.29 is 0 Å². The van der Waals surface area contributed by atoms with Crippen LogP contribution in [-0.2, 0) is 5.41 Å². The van der Waals surface area contributed by atoms with Gasteiger partial charge in [-0.15, -0.1) is 0 Å². The molecule has 0 unspecified atom stereocenters. The molecule has 0 saturated heterocycles. The molecule has 2 aromatic rings. The van der Waals surface area contributed by atoms with Crippen LogP contribution >= 0.6 is 22.6 Å². The molecular formula is C16H16I. The predicted molar refractivity (Wildman–Crippen MR) is 82.1 cm³/mol. The van der Waals surface area contributed by atoms with Crippen molar-refractivity contribution in [2.45, 2.75) is 26.2 Å². The third-order valence-corrected chi connectivity index (χ3v) is 3.55. The Morgan fingerprint density at radius 1 is 0.941 bits per heavy atom. The Bertz CT molecular complexity index is 487. The van der Waals surface area contributed by atoms with Crippen molar-refractivity contribution in [3.8, 4) is 11.1 Å². The van der Waals surface area contributed by atoms with Crippen LogP contribution in [-0.4, -0.2) is 0 Å². The van der Waals surface area contributed by atoms with Crippen LogP contribution in [0.15, 0.2) is 42.5 Å². The van der Waals surface area contributed by atoms with Crippen molar-refractivity contribution in [1.29, 1.82) is 0 Å². The van der Waals surface area contributed by atoms with E-state index in [1.54, 1.807) is 0 Å². The molecule has 0 fully saturated rings. The molecule has 0 spiro atoms. The average Bonchev–Trinajstić information content (AvgIpc) is 2.29. The van der Waals surface area contributed by atoms with Crippen molar-refractivity contribution in [1.82, 2.24) is 0 Å². The summed E-state index contributed by atoms with van der Waals surface area (Å²) in [5.41, 5.74) is 3.91. The van der Waals surface area contributed by atoms with Crippen LogP contribution in [0.5, 0.6) is 0 Å². The fraction of sp³-hybridized carbons (Fsp3) is 0.250. The molecule has 2 aromatic carbocycles. The minimum Gasteiger partial charge on any atom is -0.0578 e. The van der Waals surface area contributed by atoms with Crippen LogP contribution in [0.1, 0.15) is 26.3 Å². The van der Waals surface area contributed by atoms with Crippen molar-refractivity contribution in [2.75, 3.05) is 0 Å². The molecule has 0 aliphatic heterocycles. The minimum atomic E-state index is 0.196. The first kappa shape index (κ1) is 12.6. The van der Waals surface area contributed by atoms with E-state index in [-0.39, 0.29) is 5.41 Å². The zero-order valence-corrected chi connectivity index (χ0v) is 12.6. The van der Waals surface area contributed by atoms with Crippen LogP contribution in [0.2, 0.25) is 0 Å². The Hall–Kier alpha value is -0.830. The van der Waals surface area contributed by atoms with Gasteiger partial charge in [-0.1, -0.05) is 45.0 Å². The van der Waals surface area contributed by atoms with Crippen LogP contribution < -0.4 is 0 Å². The molecule has 0 amide bonds. The SMILES string of the molecule is CC(C)(C)c1c[c]c(-c2ccc(I)cc2)cc1. The second-order valence-electron chi connectivity index (χ2n) is 5.25. The fourth-order valence-electron chi connectivity index (χ4n) is 1.70.